The fourth-order valence-electron chi connectivity index (χ4n) is 2.74. The normalized spacial score (nSPS) is 18.4. The van der Waals surface area contributed by atoms with E-state index in [1.165, 1.54) is 12.1 Å². The van der Waals surface area contributed by atoms with Crippen LogP contribution < -0.4 is 0 Å². The Morgan fingerprint density at radius 1 is 1.15 bits per heavy atom. The summed E-state index contributed by atoms with van der Waals surface area (Å²) < 4.78 is 0. The number of benzene rings is 2. The van der Waals surface area contributed by atoms with Crippen LogP contribution in [0.25, 0.3) is 0 Å². The summed E-state index contributed by atoms with van der Waals surface area (Å²) in [5, 5.41) is 30.2. The fraction of sp³-hybridized carbons (Fsp3) is 0.188. The molecule has 3 N–H and O–H groups in total. The van der Waals surface area contributed by atoms with E-state index in [0.29, 0.717) is 16.7 Å². The van der Waals surface area contributed by atoms with Gasteiger partial charge in [0.15, 0.2) is 5.78 Å². The zero-order valence-electron chi connectivity index (χ0n) is 10.9. The van der Waals surface area contributed by atoms with Crippen LogP contribution in [0.5, 0.6) is 5.75 Å². The number of carbonyl (C=O) groups is 1. The van der Waals surface area contributed by atoms with E-state index in [4.69, 9.17) is 0 Å². The summed E-state index contributed by atoms with van der Waals surface area (Å²) in [6.07, 6.45) is -1.93. The quantitative estimate of drug-likeness (QED) is 0.741. The summed E-state index contributed by atoms with van der Waals surface area (Å²) in [5.41, 5.74) is 1.66. The van der Waals surface area contributed by atoms with Crippen LogP contribution in [0.2, 0.25) is 0 Å². The van der Waals surface area contributed by atoms with E-state index in [0.717, 1.165) is 0 Å². The van der Waals surface area contributed by atoms with Gasteiger partial charge in [-0.05, 0) is 24.1 Å². The van der Waals surface area contributed by atoms with Gasteiger partial charge in [-0.3, -0.25) is 4.79 Å². The molecule has 2 unspecified atom stereocenters. The molecule has 1 aliphatic rings. The number of fused-ring (bicyclic) bond motifs is 2. The molecule has 0 radical (unpaired) electrons. The average molecular weight is 270 g/mol. The van der Waals surface area contributed by atoms with E-state index in [-0.39, 0.29) is 22.7 Å². The summed E-state index contributed by atoms with van der Waals surface area (Å²) >= 11 is 0. The van der Waals surface area contributed by atoms with Crippen LogP contribution in [0.3, 0.4) is 0 Å². The lowest BCUT2D eigenvalue weighted by atomic mass is 9.79. The minimum atomic E-state index is -1.07. The van der Waals surface area contributed by atoms with Crippen LogP contribution in [0, 0.1) is 0 Å². The number of carbonyl (C=O) groups excluding carboxylic acids is 1. The molecule has 4 nitrogen and oxygen atoms in total. The Labute approximate surface area is 115 Å². The first-order valence-corrected chi connectivity index (χ1v) is 6.38. The van der Waals surface area contributed by atoms with Gasteiger partial charge in [0.05, 0.1) is 6.10 Å². The molecule has 2 aromatic rings. The number of ketones is 1. The summed E-state index contributed by atoms with van der Waals surface area (Å²) in [5.74, 6) is -0.424. The molecule has 1 aliphatic carbocycles. The number of hydrogen-bond acceptors (Lipinski definition) is 4. The maximum atomic E-state index is 12.6. The molecule has 4 heteroatoms. The van der Waals surface area contributed by atoms with Crippen molar-refractivity contribution < 1.29 is 20.1 Å². The van der Waals surface area contributed by atoms with Gasteiger partial charge in [0.2, 0.25) is 0 Å². The Bertz CT molecular complexity index is 704. The van der Waals surface area contributed by atoms with Crippen molar-refractivity contribution >= 4 is 5.78 Å². The zero-order chi connectivity index (χ0) is 14.4. The lowest BCUT2D eigenvalue weighted by molar-refractivity contribution is 0.101. The molecule has 0 bridgehead atoms. The molecule has 102 valence electrons. The maximum absolute atomic E-state index is 12.6. The number of aliphatic hydroxyl groups is 2. The first kappa shape index (κ1) is 12.8. The molecule has 0 saturated heterocycles. The Balaban J connectivity index is 2.35. The number of phenolic OH excluding ortho intramolecular Hbond substituents is 1. The second-order valence-corrected chi connectivity index (χ2v) is 4.96. The third-order valence-electron chi connectivity index (χ3n) is 3.71. The second-order valence-electron chi connectivity index (χ2n) is 4.96. The predicted molar refractivity (Wildman–Crippen MR) is 72.7 cm³/mol. The molecule has 2 atom stereocenters. The van der Waals surface area contributed by atoms with Gasteiger partial charge < -0.3 is 15.3 Å². The highest BCUT2D eigenvalue weighted by Gasteiger charge is 2.34. The number of aromatic hydroxyl groups is 1. The molecule has 3 rings (SSSR count). The lowest BCUT2D eigenvalue weighted by Crippen LogP contribution is -2.22. The molecule has 2 aromatic carbocycles. The standard InChI is InChI=1S/C16H14O4/c1-8(17)9-6-7-12(18)14-13(9)15(19)10-4-2-3-5-11(10)16(14)20/h2-8,16-18,20H,1H3. The Morgan fingerprint density at radius 3 is 2.55 bits per heavy atom. The smallest absolute Gasteiger partial charge is 0.194 e. The van der Waals surface area contributed by atoms with Crippen molar-refractivity contribution in [3.8, 4) is 5.75 Å². The van der Waals surface area contributed by atoms with Crippen LogP contribution in [-0.4, -0.2) is 21.1 Å². The number of aliphatic hydroxyl groups excluding tert-OH is 2. The Kier molecular flexibility index (Phi) is 2.85. The van der Waals surface area contributed by atoms with Crippen molar-refractivity contribution in [1.29, 1.82) is 0 Å². The maximum Gasteiger partial charge on any atom is 0.194 e. The molecular weight excluding hydrogens is 256 g/mol. The summed E-state index contributed by atoms with van der Waals surface area (Å²) in [4.78, 5) is 12.6. The van der Waals surface area contributed by atoms with E-state index < -0.39 is 12.2 Å². The van der Waals surface area contributed by atoms with E-state index in [1.54, 1.807) is 31.2 Å². The van der Waals surface area contributed by atoms with Gasteiger partial charge >= 0.3 is 0 Å². The molecule has 0 heterocycles. The number of hydrogen-bond donors (Lipinski definition) is 3. The highest BCUT2D eigenvalue weighted by molar-refractivity contribution is 6.14. The number of rotatable bonds is 1. The molecule has 0 aromatic heterocycles. The minimum absolute atomic E-state index is 0.139. The molecule has 0 aliphatic heterocycles. The van der Waals surface area contributed by atoms with Crippen LogP contribution in [0.15, 0.2) is 36.4 Å². The van der Waals surface area contributed by atoms with Crippen molar-refractivity contribution in [3.63, 3.8) is 0 Å². The number of phenols is 1. The highest BCUT2D eigenvalue weighted by atomic mass is 16.3. The molecular formula is C16H14O4. The third kappa shape index (κ3) is 1.66. The van der Waals surface area contributed by atoms with Crippen molar-refractivity contribution in [2.45, 2.75) is 19.1 Å². The first-order valence-electron chi connectivity index (χ1n) is 6.38. The van der Waals surface area contributed by atoms with E-state index in [9.17, 15) is 20.1 Å². The van der Waals surface area contributed by atoms with Crippen LogP contribution in [-0.2, 0) is 0 Å². The molecule has 0 amide bonds. The summed E-state index contributed by atoms with van der Waals surface area (Å²) in [6, 6.07) is 9.66. The topological polar surface area (TPSA) is 77.8 Å². The van der Waals surface area contributed by atoms with Crippen molar-refractivity contribution in [2.75, 3.05) is 0 Å². The fourth-order valence-corrected chi connectivity index (χ4v) is 2.74. The Hall–Kier alpha value is -2.17. The average Bonchev–Trinajstić information content (AvgIpc) is 2.44. The van der Waals surface area contributed by atoms with Crippen molar-refractivity contribution in [1.82, 2.24) is 0 Å². The highest BCUT2D eigenvalue weighted by Crippen LogP contribution is 2.42. The van der Waals surface area contributed by atoms with Gasteiger partial charge in [-0.25, -0.2) is 0 Å². The van der Waals surface area contributed by atoms with Crippen LogP contribution in [0.1, 0.15) is 51.7 Å². The van der Waals surface area contributed by atoms with Gasteiger partial charge in [-0.2, -0.15) is 0 Å². The predicted octanol–water partition coefficient (Wildman–Crippen LogP) is 2.07. The van der Waals surface area contributed by atoms with Gasteiger partial charge in [-0.1, -0.05) is 30.3 Å². The van der Waals surface area contributed by atoms with Gasteiger partial charge in [0.25, 0.3) is 0 Å². The van der Waals surface area contributed by atoms with E-state index in [2.05, 4.69) is 0 Å². The lowest BCUT2D eigenvalue weighted by Gasteiger charge is -2.27. The Morgan fingerprint density at radius 2 is 1.85 bits per heavy atom. The van der Waals surface area contributed by atoms with Crippen molar-refractivity contribution in [2.24, 2.45) is 0 Å². The van der Waals surface area contributed by atoms with E-state index >= 15 is 0 Å². The first-order chi connectivity index (χ1) is 9.52. The zero-order valence-corrected chi connectivity index (χ0v) is 10.9. The summed E-state index contributed by atoms with van der Waals surface area (Å²) in [7, 11) is 0. The molecule has 0 saturated carbocycles. The second kappa shape index (κ2) is 4.44. The minimum Gasteiger partial charge on any atom is -0.508 e. The van der Waals surface area contributed by atoms with Crippen molar-refractivity contribution in [3.05, 3.63) is 64.2 Å². The van der Waals surface area contributed by atoms with Gasteiger partial charge in [-0.15, -0.1) is 0 Å². The molecule has 0 spiro atoms. The van der Waals surface area contributed by atoms with Crippen LogP contribution in [0.4, 0.5) is 0 Å². The largest absolute Gasteiger partial charge is 0.508 e. The third-order valence-corrected chi connectivity index (χ3v) is 3.71. The summed E-state index contributed by atoms with van der Waals surface area (Å²) in [6.45, 7) is 1.55. The van der Waals surface area contributed by atoms with Crippen LogP contribution >= 0.6 is 0 Å². The molecule has 0 fully saturated rings. The van der Waals surface area contributed by atoms with Gasteiger partial charge in [0.1, 0.15) is 11.9 Å². The van der Waals surface area contributed by atoms with Gasteiger partial charge in [0, 0.05) is 16.7 Å². The monoisotopic (exact) mass is 270 g/mol. The van der Waals surface area contributed by atoms with E-state index in [1.807, 2.05) is 0 Å². The SMILES string of the molecule is CC(O)c1ccc(O)c2c1C(=O)c1ccccc1C2O. The molecule has 20 heavy (non-hydrogen) atoms.